The average molecular weight is 474 g/mol. The van der Waals surface area contributed by atoms with E-state index in [9.17, 15) is 0 Å². The molecule has 1 aromatic carbocycles. The minimum absolute atomic E-state index is 0.260. The molecule has 1 N–H and O–H groups in total. The van der Waals surface area contributed by atoms with Gasteiger partial charge in [-0.2, -0.15) is 0 Å². The van der Waals surface area contributed by atoms with Gasteiger partial charge in [-0.25, -0.2) is 0 Å². The van der Waals surface area contributed by atoms with E-state index in [1.807, 2.05) is 0 Å². The quantitative estimate of drug-likeness (QED) is 0.347. The van der Waals surface area contributed by atoms with Gasteiger partial charge in [0, 0.05) is 19.7 Å². The number of benzene rings is 1. The maximum atomic E-state index is 8.07. The van der Waals surface area contributed by atoms with E-state index < -0.39 is 0 Å². The molecular formula is C30H51NOS. The Bertz CT molecular complexity index is 761. The Balaban J connectivity index is 0.000000981. The van der Waals surface area contributed by atoms with Crippen molar-refractivity contribution in [1.82, 2.24) is 4.90 Å². The summed E-state index contributed by atoms with van der Waals surface area (Å²) in [5.41, 5.74) is 6.29. The van der Waals surface area contributed by atoms with Gasteiger partial charge in [0.2, 0.25) is 0 Å². The topological polar surface area (TPSA) is 23.5 Å². The van der Waals surface area contributed by atoms with E-state index in [1.165, 1.54) is 59.4 Å². The molecule has 0 aromatic heterocycles. The first-order valence-electron chi connectivity index (χ1n) is 13.1. The lowest BCUT2D eigenvalue weighted by molar-refractivity contribution is 0.287. The second kappa shape index (κ2) is 14.3. The van der Waals surface area contributed by atoms with E-state index in [2.05, 4.69) is 90.5 Å². The Kier molecular flexibility index (Phi) is 12.9. The Morgan fingerprint density at radius 2 is 1.58 bits per heavy atom. The van der Waals surface area contributed by atoms with Gasteiger partial charge in [-0.15, -0.1) is 0 Å². The van der Waals surface area contributed by atoms with E-state index in [1.54, 1.807) is 11.8 Å². The standard InChI is InChI=1S/C26H41NS.C4H10O/c1-9-11-17-27(16-10-2)21(4)28-19-20(3)22-12-13-23-24(18-22)26(7,8)15-14-25(23,5)6;1-2-3-4-5/h12-13,18-19H,4,9-11,14-17H2,1-3,5-8H3;5H,2-4H2,1H3/b20-19+;. The number of thioether (sulfide) groups is 1. The molecule has 0 fully saturated rings. The van der Waals surface area contributed by atoms with Gasteiger partial charge in [0.25, 0.3) is 0 Å². The van der Waals surface area contributed by atoms with Gasteiger partial charge in [0.05, 0.1) is 5.03 Å². The summed E-state index contributed by atoms with van der Waals surface area (Å²) in [6, 6.07) is 7.15. The van der Waals surface area contributed by atoms with Crippen LogP contribution in [-0.2, 0) is 10.8 Å². The number of hydrogen-bond donors (Lipinski definition) is 1. The summed E-state index contributed by atoms with van der Waals surface area (Å²) in [6.45, 7) is 25.3. The average Bonchev–Trinajstić information content (AvgIpc) is 2.78. The molecule has 0 saturated heterocycles. The molecule has 1 aliphatic rings. The van der Waals surface area contributed by atoms with Gasteiger partial charge in [0.15, 0.2) is 0 Å². The van der Waals surface area contributed by atoms with Crippen molar-refractivity contribution in [2.24, 2.45) is 0 Å². The summed E-state index contributed by atoms with van der Waals surface area (Å²) in [4.78, 5) is 2.44. The highest BCUT2D eigenvalue weighted by Gasteiger charge is 2.36. The number of allylic oxidation sites excluding steroid dienone is 1. The largest absolute Gasteiger partial charge is 0.396 e. The molecule has 3 heteroatoms. The molecular weight excluding hydrogens is 422 g/mol. The molecule has 188 valence electrons. The van der Waals surface area contributed by atoms with Crippen molar-refractivity contribution >= 4 is 17.3 Å². The summed E-state index contributed by atoms with van der Waals surface area (Å²) in [5, 5.41) is 11.5. The fourth-order valence-corrected chi connectivity index (χ4v) is 5.05. The van der Waals surface area contributed by atoms with Gasteiger partial charge in [-0.05, 0) is 77.5 Å². The van der Waals surface area contributed by atoms with Crippen LogP contribution in [0.15, 0.2) is 35.2 Å². The third-order valence-electron chi connectivity index (χ3n) is 6.82. The van der Waals surface area contributed by atoms with Crippen LogP contribution in [0.1, 0.15) is 117 Å². The first-order valence-corrected chi connectivity index (χ1v) is 14.0. The number of rotatable bonds is 11. The molecule has 0 bridgehead atoms. The van der Waals surface area contributed by atoms with Gasteiger partial charge < -0.3 is 10.0 Å². The van der Waals surface area contributed by atoms with Crippen molar-refractivity contribution in [3.63, 3.8) is 0 Å². The van der Waals surface area contributed by atoms with Crippen LogP contribution in [-0.4, -0.2) is 29.7 Å². The van der Waals surface area contributed by atoms with E-state index >= 15 is 0 Å². The highest BCUT2D eigenvalue weighted by Crippen LogP contribution is 2.46. The fourth-order valence-electron chi connectivity index (χ4n) is 4.27. The van der Waals surface area contributed by atoms with Crippen LogP contribution >= 0.6 is 11.8 Å². The predicted molar refractivity (Wildman–Crippen MR) is 151 cm³/mol. The second-order valence-electron chi connectivity index (χ2n) is 10.8. The molecule has 0 spiro atoms. The van der Waals surface area contributed by atoms with Crippen LogP contribution in [0.4, 0.5) is 0 Å². The minimum atomic E-state index is 0.260. The normalized spacial score (nSPS) is 16.5. The minimum Gasteiger partial charge on any atom is -0.396 e. The summed E-state index contributed by atoms with van der Waals surface area (Å²) < 4.78 is 0. The number of hydrogen-bond acceptors (Lipinski definition) is 3. The van der Waals surface area contributed by atoms with E-state index in [-0.39, 0.29) is 10.8 Å². The third-order valence-corrected chi connectivity index (χ3v) is 7.82. The number of aliphatic hydroxyl groups is 1. The van der Waals surface area contributed by atoms with Crippen LogP contribution < -0.4 is 0 Å². The monoisotopic (exact) mass is 473 g/mol. The first-order chi connectivity index (χ1) is 15.5. The lowest BCUT2D eigenvalue weighted by Gasteiger charge is -2.42. The molecule has 0 atom stereocenters. The van der Waals surface area contributed by atoms with Crippen molar-refractivity contribution in [1.29, 1.82) is 0 Å². The third kappa shape index (κ3) is 9.17. The molecule has 33 heavy (non-hydrogen) atoms. The molecule has 0 unspecified atom stereocenters. The van der Waals surface area contributed by atoms with Gasteiger partial charge in [-0.3, -0.25) is 0 Å². The lowest BCUT2D eigenvalue weighted by Crippen LogP contribution is -2.33. The van der Waals surface area contributed by atoms with E-state index in [0.29, 0.717) is 6.61 Å². The lowest BCUT2D eigenvalue weighted by atomic mass is 9.63. The fraction of sp³-hybridized carbons (Fsp3) is 0.667. The Labute approximate surface area is 209 Å². The SMILES string of the molecule is C=C(S/C=C(\C)c1ccc2c(c1)C(C)(C)CCC2(C)C)N(CCC)CCCC.CCCCO. The Morgan fingerprint density at radius 3 is 2.09 bits per heavy atom. The molecule has 0 radical (unpaired) electrons. The first kappa shape index (κ1) is 29.8. The van der Waals surface area contributed by atoms with Crippen LogP contribution in [0.3, 0.4) is 0 Å². The summed E-state index contributed by atoms with van der Waals surface area (Å²) >= 11 is 1.78. The number of aliphatic hydroxyl groups excluding tert-OH is 1. The zero-order valence-corrected chi connectivity index (χ0v) is 23.7. The van der Waals surface area contributed by atoms with Crippen LogP contribution in [0.25, 0.3) is 5.57 Å². The smallest absolute Gasteiger partial charge is 0.0676 e. The molecule has 0 heterocycles. The number of unbranched alkanes of at least 4 members (excludes halogenated alkanes) is 2. The maximum absolute atomic E-state index is 8.07. The summed E-state index contributed by atoms with van der Waals surface area (Å²) in [7, 11) is 0. The maximum Gasteiger partial charge on any atom is 0.0676 e. The zero-order chi connectivity index (χ0) is 25.1. The van der Waals surface area contributed by atoms with Crippen molar-refractivity contribution in [3.8, 4) is 0 Å². The van der Waals surface area contributed by atoms with Crippen molar-refractivity contribution < 1.29 is 5.11 Å². The summed E-state index contributed by atoms with van der Waals surface area (Å²) in [5.74, 6) is 0. The molecule has 0 amide bonds. The van der Waals surface area contributed by atoms with Crippen LogP contribution in [0, 0.1) is 0 Å². The highest BCUT2D eigenvalue weighted by molar-refractivity contribution is 8.05. The number of nitrogens with zero attached hydrogens (tertiary/aromatic N) is 1. The highest BCUT2D eigenvalue weighted by atomic mass is 32.2. The molecule has 0 saturated carbocycles. The molecule has 2 nitrogen and oxygen atoms in total. The van der Waals surface area contributed by atoms with Crippen molar-refractivity contribution in [2.75, 3.05) is 19.7 Å². The molecule has 1 aromatic rings. The van der Waals surface area contributed by atoms with Crippen molar-refractivity contribution in [2.45, 2.75) is 111 Å². The number of fused-ring (bicyclic) bond motifs is 1. The van der Waals surface area contributed by atoms with Gasteiger partial charge in [-0.1, -0.05) is 97.8 Å². The Hall–Kier alpha value is -1.19. The van der Waals surface area contributed by atoms with Gasteiger partial charge in [0.1, 0.15) is 0 Å². The predicted octanol–water partition coefficient (Wildman–Crippen LogP) is 8.89. The molecule has 2 rings (SSSR count). The molecule has 0 aliphatic heterocycles. The van der Waals surface area contributed by atoms with Crippen LogP contribution in [0.5, 0.6) is 0 Å². The van der Waals surface area contributed by atoms with Crippen LogP contribution in [0.2, 0.25) is 0 Å². The van der Waals surface area contributed by atoms with E-state index in [4.69, 9.17) is 5.11 Å². The Morgan fingerprint density at radius 1 is 0.970 bits per heavy atom. The van der Waals surface area contributed by atoms with Gasteiger partial charge >= 0.3 is 0 Å². The second-order valence-corrected chi connectivity index (χ2v) is 11.7. The summed E-state index contributed by atoms with van der Waals surface area (Å²) in [6.07, 6.45) is 8.19. The van der Waals surface area contributed by atoms with E-state index in [0.717, 1.165) is 25.9 Å². The zero-order valence-electron chi connectivity index (χ0n) is 22.9. The van der Waals surface area contributed by atoms with Crippen molar-refractivity contribution in [3.05, 3.63) is 51.9 Å². The molecule has 1 aliphatic carbocycles.